The number of methoxy groups -OCH3 is 1. The van der Waals surface area contributed by atoms with Gasteiger partial charge in [0.15, 0.2) is 0 Å². The molecule has 1 heterocycles. The van der Waals surface area contributed by atoms with Crippen LogP contribution in [0.4, 0.5) is 4.79 Å². The molecule has 5 nitrogen and oxygen atoms in total. The van der Waals surface area contributed by atoms with Crippen LogP contribution in [0.3, 0.4) is 0 Å². The Labute approximate surface area is 143 Å². The number of rotatable bonds is 8. The van der Waals surface area contributed by atoms with E-state index in [1.54, 1.807) is 13.3 Å². The molecule has 2 N–H and O–H groups in total. The van der Waals surface area contributed by atoms with Gasteiger partial charge in [-0.25, -0.2) is 4.79 Å². The van der Waals surface area contributed by atoms with Crippen LogP contribution in [0.25, 0.3) is 0 Å². The van der Waals surface area contributed by atoms with E-state index in [4.69, 9.17) is 4.74 Å². The van der Waals surface area contributed by atoms with Crippen molar-refractivity contribution in [2.45, 2.75) is 32.2 Å². The standard InChI is InChI=1S/C19H25N3O2/c1-15(6-7-16-8-10-18(24-2)11-9-16)22-19(23)21-14-12-17-5-3-4-13-20-17/h3-5,8-11,13,15H,6-7,12,14H2,1-2H3,(H2,21,22,23)/t15-/m0/s1. The van der Waals surface area contributed by atoms with E-state index >= 15 is 0 Å². The van der Waals surface area contributed by atoms with Gasteiger partial charge in [-0.05, 0) is 49.6 Å². The quantitative estimate of drug-likeness (QED) is 0.783. The maximum Gasteiger partial charge on any atom is 0.315 e. The lowest BCUT2D eigenvalue weighted by Crippen LogP contribution is -2.41. The van der Waals surface area contributed by atoms with Crippen LogP contribution in [-0.4, -0.2) is 30.7 Å². The average Bonchev–Trinajstić information content (AvgIpc) is 2.61. The van der Waals surface area contributed by atoms with Crippen LogP contribution < -0.4 is 15.4 Å². The zero-order chi connectivity index (χ0) is 17.2. The molecule has 2 aromatic rings. The van der Waals surface area contributed by atoms with Gasteiger partial charge in [0.05, 0.1) is 7.11 Å². The summed E-state index contributed by atoms with van der Waals surface area (Å²) in [7, 11) is 1.66. The van der Waals surface area contributed by atoms with Crippen LogP contribution in [0, 0.1) is 0 Å². The minimum atomic E-state index is -0.131. The molecule has 1 aromatic carbocycles. The van der Waals surface area contributed by atoms with Crippen molar-refractivity contribution in [3.8, 4) is 5.75 Å². The van der Waals surface area contributed by atoms with Crippen molar-refractivity contribution < 1.29 is 9.53 Å². The first-order chi connectivity index (χ1) is 11.7. The normalized spacial score (nSPS) is 11.6. The van der Waals surface area contributed by atoms with Crippen LogP contribution in [-0.2, 0) is 12.8 Å². The molecule has 0 aliphatic rings. The molecular weight excluding hydrogens is 302 g/mol. The number of hydrogen-bond donors (Lipinski definition) is 2. The number of pyridine rings is 1. The van der Waals surface area contributed by atoms with E-state index in [1.165, 1.54) is 5.56 Å². The van der Waals surface area contributed by atoms with Gasteiger partial charge in [0.25, 0.3) is 0 Å². The molecule has 0 bridgehead atoms. The number of carbonyl (C=O) groups is 1. The van der Waals surface area contributed by atoms with E-state index in [9.17, 15) is 4.79 Å². The van der Waals surface area contributed by atoms with E-state index in [0.717, 1.165) is 30.7 Å². The van der Waals surface area contributed by atoms with Crippen LogP contribution >= 0.6 is 0 Å². The van der Waals surface area contributed by atoms with E-state index in [1.807, 2.05) is 37.3 Å². The number of nitrogens with zero attached hydrogens (tertiary/aromatic N) is 1. The summed E-state index contributed by atoms with van der Waals surface area (Å²) in [5, 5.41) is 5.83. The van der Waals surface area contributed by atoms with E-state index in [-0.39, 0.29) is 12.1 Å². The molecule has 0 fully saturated rings. The molecule has 1 aromatic heterocycles. The first-order valence-corrected chi connectivity index (χ1v) is 8.24. The van der Waals surface area contributed by atoms with Crippen molar-refractivity contribution in [3.63, 3.8) is 0 Å². The summed E-state index contributed by atoms with van der Waals surface area (Å²) in [6.45, 7) is 2.59. The smallest absolute Gasteiger partial charge is 0.315 e. The van der Waals surface area contributed by atoms with Gasteiger partial charge in [0.1, 0.15) is 5.75 Å². The van der Waals surface area contributed by atoms with Gasteiger partial charge in [-0.3, -0.25) is 4.98 Å². The summed E-state index contributed by atoms with van der Waals surface area (Å²) < 4.78 is 5.15. The fraction of sp³-hybridized carbons (Fsp3) is 0.368. The van der Waals surface area contributed by atoms with E-state index in [2.05, 4.69) is 27.8 Å². The van der Waals surface area contributed by atoms with Gasteiger partial charge in [0.2, 0.25) is 0 Å². The lowest BCUT2D eigenvalue weighted by Gasteiger charge is -2.14. The third-order valence-corrected chi connectivity index (χ3v) is 3.80. The Hall–Kier alpha value is -2.56. The molecule has 5 heteroatoms. The zero-order valence-electron chi connectivity index (χ0n) is 14.3. The topological polar surface area (TPSA) is 63.2 Å². The second-order valence-corrected chi connectivity index (χ2v) is 5.76. The average molecular weight is 327 g/mol. The van der Waals surface area contributed by atoms with Gasteiger partial charge in [0, 0.05) is 30.9 Å². The fourth-order valence-electron chi connectivity index (χ4n) is 2.37. The monoisotopic (exact) mass is 327 g/mol. The van der Waals surface area contributed by atoms with Gasteiger partial charge < -0.3 is 15.4 Å². The molecule has 2 amide bonds. The zero-order valence-corrected chi connectivity index (χ0v) is 14.3. The first-order valence-electron chi connectivity index (χ1n) is 8.24. The van der Waals surface area contributed by atoms with Gasteiger partial charge in [-0.1, -0.05) is 18.2 Å². The molecule has 1 atom stereocenters. The fourth-order valence-corrected chi connectivity index (χ4v) is 2.37. The van der Waals surface area contributed by atoms with Gasteiger partial charge in [-0.2, -0.15) is 0 Å². The lowest BCUT2D eigenvalue weighted by molar-refractivity contribution is 0.237. The largest absolute Gasteiger partial charge is 0.497 e. The second-order valence-electron chi connectivity index (χ2n) is 5.76. The van der Waals surface area contributed by atoms with Crippen LogP contribution in [0.15, 0.2) is 48.7 Å². The second kappa shape index (κ2) is 9.55. The minimum absolute atomic E-state index is 0.113. The number of aromatic nitrogens is 1. The van der Waals surface area contributed by atoms with Crippen LogP contribution in [0.5, 0.6) is 5.75 Å². The Kier molecular flexibility index (Phi) is 7.08. The van der Waals surface area contributed by atoms with Gasteiger partial charge >= 0.3 is 6.03 Å². The molecule has 0 radical (unpaired) electrons. The SMILES string of the molecule is COc1ccc(CC[C@H](C)NC(=O)NCCc2ccccn2)cc1. The summed E-state index contributed by atoms with van der Waals surface area (Å²) in [5.41, 5.74) is 2.21. The third kappa shape index (κ3) is 6.28. The highest BCUT2D eigenvalue weighted by atomic mass is 16.5. The molecule has 128 valence electrons. The first kappa shape index (κ1) is 17.8. The molecule has 0 saturated heterocycles. The maximum absolute atomic E-state index is 11.9. The number of ether oxygens (including phenoxy) is 1. The maximum atomic E-state index is 11.9. The van der Waals surface area contributed by atoms with Crippen molar-refractivity contribution in [1.29, 1.82) is 0 Å². The molecule has 2 rings (SSSR count). The van der Waals surface area contributed by atoms with Crippen molar-refractivity contribution in [2.24, 2.45) is 0 Å². The highest BCUT2D eigenvalue weighted by molar-refractivity contribution is 5.74. The summed E-state index contributed by atoms with van der Waals surface area (Å²) in [6.07, 6.45) is 4.30. The van der Waals surface area contributed by atoms with Crippen molar-refractivity contribution in [2.75, 3.05) is 13.7 Å². The van der Waals surface area contributed by atoms with Crippen molar-refractivity contribution in [1.82, 2.24) is 15.6 Å². The molecule has 0 unspecified atom stereocenters. The summed E-state index contributed by atoms with van der Waals surface area (Å²) in [4.78, 5) is 16.1. The molecule has 0 aliphatic heterocycles. The van der Waals surface area contributed by atoms with E-state index in [0.29, 0.717) is 6.54 Å². The number of carbonyl (C=O) groups excluding carboxylic acids is 1. The lowest BCUT2D eigenvalue weighted by atomic mass is 10.1. The Bertz CT molecular complexity index is 614. The number of aryl methyl sites for hydroxylation is 1. The molecule has 0 aliphatic carbocycles. The predicted molar refractivity (Wildman–Crippen MR) is 95.3 cm³/mol. The van der Waals surface area contributed by atoms with E-state index < -0.39 is 0 Å². The summed E-state index contributed by atoms with van der Waals surface area (Å²) in [6, 6.07) is 13.8. The number of hydrogen-bond acceptors (Lipinski definition) is 3. The Morgan fingerprint density at radius 3 is 2.62 bits per heavy atom. The molecule has 0 saturated carbocycles. The number of benzene rings is 1. The van der Waals surface area contributed by atoms with Gasteiger partial charge in [-0.15, -0.1) is 0 Å². The summed E-state index contributed by atoms with van der Waals surface area (Å²) >= 11 is 0. The molecule has 24 heavy (non-hydrogen) atoms. The number of nitrogens with one attached hydrogen (secondary N) is 2. The highest BCUT2D eigenvalue weighted by Gasteiger charge is 2.07. The Balaban J connectivity index is 1.63. The molecule has 0 spiro atoms. The van der Waals surface area contributed by atoms with Crippen molar-refractivity contribution in [3.05, 3.63) is 59.9 Å². The highest BCUT2D eigenvalue weighted by Crippen LogP contribution is 2.13. The Morgan fingerprint density at radius 1 is 1.17 bits per heavy atom. The van der Waals surface area contributed by atoms with Crippen molar-refractivity contribution >= 4 is 6.03 Å². The predicted octanol–water partition coefficient (Wildman–Crippen LogP) is 2.95. The number of amides is 2. The van der Waals surface area contributed by atoms with Crippen LogP contribution in [0.2, 0.25) is 0 Å². The minimum Gasteiger partial charge on any atom is -0.497 e. The Morgan fingerprint density at radius 2 is 1.96 bits per heavy atom. The number of urea groups is 1. The van der Waals surface area contributed by atoms with Crippen LogP contribution in [0.1, 0.15) is 24.6 Å². The summed E-state index contributed by atoms with van der Waals surface area (Å²) in [5.74, 6) is 0.859. The third-order valence-electron chi connectivity index (χ3n) is 3.80. The molecular formula is C19H25N3O2.